The largest absolute Gasteiger partial charge is 0.480 e. The number of H-pyrrole nitrogens is 1. The Labute approximate surface area is 158 Å². The number of fused-ring (bicyclic) bond motifs is 1. The Morgan fingerprint density at radius 3 is 2.63 bits per heavy atom. The van der Waals surface area contributed by atoms with Crippen LogP contribution in [0, 0.1) is 11.8 Å². The molecule has 2 atom stereocenters. The number of benzene rings is 2. The Hall–Kier alpha value is -3.07. The lowest BCUT2D eigenvalue weighted by molar-refractivity contribution is -0.139. The first-order chi connectivity index (χ1) is 12.9. The fraction of sp³-hybridized carbons (Fsp3) is 0.227. The zero-order valence-corrected chi connectivity index (χ0v) is 15.1. The molecular weight excluding hydrogens is 340 g/mol. The molecule has 1 heterocycles. The van der Waals surface area contributed by atoms with E-state index in [1.807, 2.05) is 60.8 Å². The molecule has 0 bridgehead atoms. The topological polar surface area (TPSA) is 85.4 Å². The maximum absolute atomic E-state index is 11.7. The van der Waals surface area contributed by atoms with Crippen LogP contribution in [0.4, 0.5) is 0 Å². The number of nitrogens with one attached hydrogen (secondary N) is 2. The minimum absolute atomic E-state index is 0.0478. The first kappa shape index (κ1) is 18.7. The molecule has 0 amide bonds. The summed E-state index contributed by atoms with van der Waals surface area (Å²) in [5.74, 6) is 4.75. The molecule has 0 unspecified atom stereocenters. The molecule has 0 radical (unpaired) electrons. The third-order valence-electron chi connectivity index (χ3n) is 4.34. The molecule has 2 aromatic carbocycles. The van der Waals surface area contributed by atoms with Gasteiger partial charge in [0.1, 0.15) is 11.6 Å². The third-order valence-corrected chi connectivity index (χ3v) is 4.34. The van der Waals surface area contributed by atoms with Gasteiger partial charge in [-0.05, 0) is 30.7 Å². The number of carbonyl (C=O) groups is 1. The van der Waals surface area contributed by atoms with Gasteiger partial charge in [0.2, 0.25) is 0 Å². The highest BCUT2D eigenvalue weighted by atomic mass is 16.4. The molecule has 3 aromatic rings. The highest BCUT2D eigenvalue weighted by molar-refractivity contribution is 5.84. The number of aromatic nitrogens is 1. The molecule has 0 saturated heterocycles. The minimum atomic E-state index is -1.34. The maximum Gasteiger partial charge on any atom is 0.321 e. The number of rotatable bonds is 6. The van der Waals surface area contributed by atoms with Gasteiger partial charge in [0, 0.05) is 35.6 Å². The predicted molar refractivity (Wildman–Crippen MR) is 105 cm³/mol. The smallest absolute Gasteiger partial charge is 0.321 e. The van der Waals surface area contributed by atoms with E-state index in [9.17, 15) is 15.0 Å². The fourth-order valence-electron chi connectivity index (χ4n) is 2.86. The second-order valence-corrected chi connectivity index (χ2v) is 6.73. The predicted octanol–water partition coefficient (Wildman–Crippen LogP) is 2.56. The summed E-state index contributed by atoms with van der Waals surface area (Å²) < 4.78 is 0. The number of hydrogen-bond acceptors (Lipinski definition) is 3. The number of carboxylic acids is 1. The van der Waals surface area contributed by atoms with Gasteiger partial charge in [-0.15, -0.1) is 0 Å². The van der Waals surface area contributed by atoms with Crippen LogP contribution >= 0.6 is 0 Å². The molecule has 0 fully saturated rings. The van der Waals surface area contributed by atoms with Crippen molar-refractivity contribution in [3.05, 3.63) is 71.9 Å². The summed E-state index contributed by atoms with van der Waals surface area (Å²) in [7, 11) is 0. The average molecular weight is 362 g/mol. The first-order valence-corrected chi connectivity index (χ1v) is 8.76. The van der Waals surface area contributed by atoms with Gasteiger partial charge in [-0.2, -0.15) is 0 Å². The van der Waals surface area contributed by atoms with E-state index in [4.69, 9.17) is 0 Å². The van der Waals surface area contributed by atoms with Gasteiger partial charge in [-0.25, -0.2) is 0 Å². The lowest BCUT2D eigenvalue weighted by Gasteiger charge is -2.21. The van der Waals surface area contributed by atoms with E-state index in [2.05, 4.69) is 22.1 Å². The molecule has 4 N–H and O–H groups in total. The van der Waals surface area contributed by atoms with Gasteiger partial charge in [-0.3, -0.25) is 4.79 Å². The molecule has 0 saturated carbocycles. The molecule has 5 nitrogen and oxygen atoms in total. The molecule has 0 spiro atoms. The van der Waals surface area contributed by atoms with Crippen molar-refractivity contribution >= 4 is 16.9 Å². The number of aromatic amines is 1. The van der Waals surface area contributed by atoms with Crippen LogP contribution in [0.1, 0.15) is 18.1 Å². The van der Waals surface area contributed by atoms with Crippen LogP contribution < -0.4 is 5.32 Å². The highest BCUT2D eigenvalue weighted by Crippen LogP contribution is 2.19. The molecule has 0 aliphatic rings. The zero-order valence-electron chi connectivity index (χ0n) is 15.1. The Morgan fingerprint density at radius 1 is 1.19 bits per heavy atom. The van der Waals surface area contributed by atoms with Crippen molar-refractivity contribution in [2.24, 2.45) is 0 Å². The molecule has 3 rings (SSSR count). The van der Waals surface area contributed by atoms with Crippen LogP contribution in [-0.4, -0.2) is 39.4 Å². The second-order valence-electron chi connectivity index (χ2n) is 6.73. The van der Waals surface area contributed by atoms with E-state index in [0.29, 0.717) is 6.42 Å². The SMILES string of the molecule is C[C@@](O)(C#Cc1ccccc1)CN[C@@H](Cc1c[nH]c2ccccc12)C(=O)O. The highest BCUT2D eigenvalue weighted by Gasteiger charge is 2.24. The standard InChI is InChI=1S/C22H22N2O3/c1-22(27,12-11-16-7-3-2-4-8-16)15-24-20(21(25)26)13-17-14-23-19-10-6-5-9-18(17)19/h2-10,14,20,23-24,27H,13,15H2,1H3,(H,25,26)/t20-,22+/m0/s1. The van der Waals surface area contributed by atoms with E-state index < -0.39 is 17.6 Å². The van der Waals surface area contributed by atoms with Crippen LogP contribution in [0.3, 0.4) is 0 Å². The van der Waals surface area contributed by atoms with Crippen molar-refractivity contribution in [1.82, 2.24) is 10.3 Å². The number of carboxylic acid groups (broad SMARTS) is 1. The summed E-state index contributed by atoms with van der Waals surface area (Å²) in [6.07, 6.45) is 2.14. The van der Waals surface area contributed by atoms with E-state index in [-0.39, 0.29) is 6.54 Å². The third kappa shape index (κ3) is 4.98. The van der Waals surface area contributed by atoms with Crippen molar-refractivity contribution < 1.29 is 15.0 Å². The summed E-state index contributed by atoms with van der Waals surface area (Å²) >= 11 is 0. The van der Waals surface area contributed by atoms with Crippen molar-refractivity contribution in [1.29, 1.82) is 0 Å². The van der Waals surface area contributed by atoms with Crippen LogP contribution in [0.25, 0.3) is 10.9 Å². The van der Waals surface area contributed by atoms with Crippen LogP contribution in [0.15, 0.2) is 60.8 Å². The van der Waals surface area contributed by atoms with E-state index in [1.54, 1.807) is 6.92 Å². The van der Waals surface area contributed by atoms with E-state index in [0.717, 1.165) is 22.0 Å². The van der Waals surface area contributed by atoms with Gasteiger partial charge in [0.15, 0.2) is 0 Å². The Balaban J connectivity index is 1.68. The minimum Gasteiger partial charge on any atom is -0.480 e. The second kappa shape index (κ2) is 8.09. The molecule has 1 aromatic heterocycles. The molecule has 5 heteroatoms. The van der Waals surface area contributed by atoms with Crippen LogP contribution in [-0.2, 0) is 11.2 Å². The van der Waals surface area contributed by atoms with Gasteiger partial charge in [-0.1, -0.05) is 48.2 Å². The summed E-state index contributed by atoms with van der Waals surface area (Å²) in [5.41, 5.74) is 1.34. The van der Waals surface area contributed by atoms with E-state index >= 15 is 0 Å². The van der Waals surface area contributed by atoms with Gasteiger partial charge >= 0.3 is 5.97 Å². The average Bonchev–Trinajstić information content (AvgIpc) is 3.07. The monoisotopic (exact) mass is 362 g/mol. The fourth-order valence-corrected chi connectivity index (χ4v) is 2.86. The normalized spacial score (nSPS) is 14.1. The summed E-state index contributed by atoms with van der Waals surface area (Å²) in [6.45, 7) is 1.62. The summed E-state index contributed by atoms with van der Waals surface area (Å²) in [5, 5.41) is 24.0. The van der Waals surface area contributed by atoms with Crippen molar-refractivity contribution in [2.75, 3.05) is 6.54 Å². The van der Waals surface area contributed by atoms with E-state index in [1.165, 1.54) is 0 Å². The van der Waals surface area contributed by atoms with Crippen molar-refractivity contribution in [3.8, 4) is 11.8 Å². The molecule has 0 aliphatic heterocycles. The van der Waals surface area contributed by atoms with Gasteiger partial charge < -0.3 is 20.5 Å². The molecule has 138 valence electrons. The zero-order chi connectivity index (χ0) is 19.3. The quantitative estimate of drug-likeness (QED) is 0.508. The number of aliphatic hydroxyl groups is 1. The first-order valence-electron chi connectivity index (χ1n) is 8.76. The molecular formula is C22H22N2O3. The Bertz CT molecular complexity index is 981. The van der Waals surface area contributed by atoms with Gasteiger partial charge in [0.05, 0.1) is 0 Å². The van der Waals surface area contributed by atoms with Crippen LogP contribution in [0.5, 0.6) is 0 Å². The lowest BCUT2D eigenvalue weighted by atomic mass is 10.0. The molecule has 0 aliphatic carbocycles. The maximum atomic E-state index is 11.7. The number of aliphatic carboxylic acids is 1. The number of para-hydroxylation sites is 1. The number of hydrogen-bond donors (Lipinski definition) is 4. The Morgan fingerprint density at radius 2 is 1.89 bits per heavy atom. The van der Waals surface area contributed by atoms with Gasteiger partial charge in [0.25, 0.3) is 0 Å². The van der Waals surface area contributed by atoms with Crippen molar-refractivity contribution in [3.63, 3.8) is 0 Å². The summed E-state index contributed by atoms with van der Waals surface area (Å²) in [6, 6.07) is 16.3. The lowest BCUT2D eigenvalue weighted by Crippen LogP contribution is -2.46. The van der Waals surface area contributed by atoms with Crippen molar-refractivity contribution in [2.45, 2.75) is 25.0 Å². The summed E-state index contributed by atoms with van der Waals surface area (Å²) in [4.78, 5) is 14.8. The Kier molecular flexibility index (Phi) is 5.60. The van der Waals surface area contributed by atoms with Crippen LogP contribution in [0.2, 0.25) is 0 Å². The molecule has 27 heavy (non-hydrogen) atoms.